The molecule has 0 heterocycles. The Hall–Kier alpha value is -0.500. The van der Waals surface area contributed by atoms with Crippen molar-refractivity contribution in [2.45, 2.75) is 24.4 Å². The standard InChI is InChI=1S/C6H12O6.C3H5Cl/c7-1-3(9)5(11)6(12)4(10)2-8;1-2-3-4/h1,3-6,8-12H,2H2;2H,1,3H2/t3-,4+,5+,6+;/m0./s1. The summed E-state index contributed by atoms with van der Waals surface area (Å²) in [6.07, 6.45) is -5.20. The molecule has 0 aliphatic carbocycles. The molecule has 0 aromatic heterocycles. The van der Waals surface area contributed by atoms with E-state index in [2.05, 4.69) is 6.58 Å². The van der Waals surface area contributed by atoms with Crippen molar-refractivity contribution in [3.63, 3.8) is 0 Å². The van der Waals surface area contributed by atoms with Crippen LogP contribution in [0, 0.1) is 0 Å². The molecule has 0 aromatic carbocycles. The Bertz CT molecular complexity index is 189. The quantitative estimate of drug-likeness (QED) is 0.214. The van der Waals surface area contributed by atoms with E-state index in [4.69, 9.17) is 37.1 Å². The van der Waals surface area contributed by atoms with Crippen LogP contribution in [0.1, 0.15) is 0 Å². The van der Waals surface area contributed by atoms with Gasteiger partial charge in [-0.2, -0.15) is 0 Å². The first kappa shape index (κ1) is 17.9. The van der Waals surface area contributed by atoms with E-state index in [1.54, 1.807) is 6.08 Å². The maximum atomic E-state index is 9.90. The van der Waals surface area contributed by atoms with E-state index in [-0.39, 0.29) is 6.29 Å². The number of hydrogen-bond acceptors (Lipinski definition) is 6. The zero-order valence-electron chi connectivity index (χ0n) is 8.61. The van der Waals surface area contributed by atoms with Gasteiger partial charge in [0.2, 0.25) is 0 Å². The number of allylic oxidation sites excluding steroid dienone is 1. The molecule has 0 aliphatic heterocycles. The van der Waals surface area contributed by atoms with Crippen LogP contribution in [0.15, 0.2) is 12.7 Å². The topological polar surface area (TPSA) is 118 Å². The third-order valence-electron chi connectivity index (χ3n) is 1.53. The molecule has 0 fully saturated rings. The van der Waals surface area contributed by atoms with Crippen LogP contribution < -0.4 is 0 Å². The van der Waals surface area contributed by atoms with Gasteiger partial charge >= 0.3 is 0 Å². The Morgan fingerprint density at radius 1 is 1.19 bits per heavy atom. The van der Waals surface area contributed by atoms with Crippen LogP contribution >= 0.6 is 11.6 Å². The van der Waals surface area contributed by atoms with Crippen molar-refractivity contribution in [2.24, 2.45) is 0 Å². The number of carbonyl (C=O) groups is 1. The molecule has 7 heteroatoms. The van der Waals surface area contributed by atoms with Gasteiger partial charge in [-0.05, 0) is 0 Å². The minimum Gasteiger partial charge on any atom is -0.394 e. The van der Waals surface area contributed by atoms with E-state index in [0.29, 0.717) is 5.88 Å². The summed E-state index contributed by atoms with van der Waals surface area (Å²) in [6.45, 7) is 2.59. The van der Waals surface area contributed by atoms with Gasteiger partial charge in [0.1, 0.15) is 24.4 Å². The molecule has 5 N–H and O–H groups in total. The number of aldehydes is 1. The molecule has 4 atom stereocenters. The second kappa shape index (κ2) is 11.0. The van der Waals surface area contributed by atoms with E-state index >= 15 is 0 Å². The fraction of sp³-hybridized carbons (Fsp3) is 0.667. The number of aliphatic hydroxyl groups is 5. The Labute approximate surface area is 98.4 Å². The fourth-order valence-corrected chi connectivity index (χ4v) is 0.618. The zero-order chi connectivity index (χ0) is 13.1. The minimum atomic E-state index is -1.79. The van der Waals surface area contributed by atoms with Gasteiger partial charge in [0.15, 0.2) is 6.29 Å². The van der Waals surface area contributed by atoms with Gasteiger partial charge in [-0.15, -0.1) is 18.2 Å². The predicted octanol–water partition coefficient (Wildman–Crippen LogP) is -1.97. The second-order valence-corrected chi connectivity index (χ2v) is 3.11. The van der Waals surface area contributed by atoms with E-state index in [1.165, 1.54) is 0 Å². The minimum absolute atomic E-state index is 0.0258. The summed E-state index contributed by atoms with van der Waals surface area (Å²) < 4.78 is 0. The van der Waals surface area contributed by atoms with Crippen molar-refractivity contribution in [3.8, 4) is 0 Å². The summed E-state index contributed by atoms with van der Waals surface area (Å²) in [5.74, 6) is 0.556. The molecular weight excluding hydrogens is 240 g/mol. The van der Waals surface area contributed by atoms with Crippen molar-refractivity contribution < 1.29 is 30.3 Å². The molecular formula is C9H17ClO6. The van der Waals surface area contributed by atoms with Gasteiger partial charge < -0.3 is 30.3 Å². The summed E-state index contributed by atoms with van der Waals surface area (Å²) in [4.78, 5) is 9.90. The first-order valence-electron chi connectivity index (χ1n) is 4.41. The third-order valence-corrected chi connectivity index (χ3v) is 1.75. The molecule has 0 amide bonds. The van der Waals surface area contributed by atoms with Crippen LogP contribution in [0.2, 0.25) is 0 Å². The largest absolute Gasteiger partial charge is 0.394 e. The van der Waals surface area contributed by atoms with E-state index in [1.807, 2.05) is 0 Å². The summed E-state index contributed by atoms with van der Waals surface area (Å²) in [6, 6.07) is 0. The van der Waals surface area contributed by atoms with Gasteiger partial charge in [-0.3, -0.25) is 0 Å². The predicted molar refractivity (Wildman–Crippen MR) is 58.1 cm³/mol. The van der Waals surface area contributed by atoms with Crippen molar-refractivity contribution in [1.29, 1.82) is 0 Å². The third kappa shape index (κ3) is 7.75. The number of halogens is 1. The van der Waals surface area contributed by atoms with Crippen LogP contribution in [0.4, 0.5) is 0 Å². The molecule has 0 unspecified atom stereocenters. The van der Waals surface area contributed by atoms with Crippen molar-refractivity contribution in [2.75, 3.05) is 12.5 Å². The van der Waals surface area contributed by atoms with E-state index in [9.17, 15) is 4.79 Å². The first-order valence-corrected chi connectivity index (χ1v) is 4.94. The number of hydrogen-bond donors (Lipinski definition) is 5. The summed E-state index contributed by atoms with van der Waals surface area (Å²) in [5.41, 5.74) is 0. The van der Waals surface area contributed by atoms with E-state index < -0.39 is 31.0 Å². The molecule has 0 saturated heterocycles. The summed E-state index contributed by atoms with van der Waals surface area (Å²) in [7, 11) is 0. The van der Waals surface area contributed by atoms with Crippen molar-refractivity contribution in [1.82, 2.24) is 0 Å². The lowest BCUT2D eigenvalue weighted by Crippen LogP contribution is -2.46. The van der Waals surface area contributed by atoms with Crippen LogP contribution in [-0.4, -0.2) is 68.7 Å². The summed E-state index contributed by atoms with van der Waals surface area (Å²) in [5, 5.41) is 43.5. The Morgan fingerprint density at radius 2 is 1.62 bits per heavy atom. The van der Waals surface area contributed by atoms with Gasteiger partial charge in [0.05, 0.1) is 6.61 Å². The second-order valence-electron chi connectivity index (χ2n) is 2.80. The van der Waals surface area contributed by atoms with Gasteiger partial charge in [0, 0.05) is 5.88 Å². The highest BCUT2D eigenvalue weighted by Crippen LogP contribution is 2.02. The molecule has 0 rings (SSSR count). The average molecular weight is 257 g/mol. The van der Waals surface area contributed by atoms with Gasteiger partial charge in [-0.1, -0.05) is 6.08 Å². The molecule has 0 aliphatic rings. The van der Waals surface area contributed by atoms with Crippen LogP contribution in [0.25, 0.3) is 0 Å². The average Bonchev–Trinajstić information content (AvgIpc) is 2.34. The molecule has 0 bridgehead atoms. The van der Waals surface area contributed by atoms with Crippen molar-refractivity contribution >= 4 is 17.9 Å². The summed E-state index contributed by atoms with van der Waals surface area (Å²) >= 11 is 5.07. The number of rotatable bonds is 6. The Kier molecular flexibility index (Phi) is 12.3. The van der Waals surface area contributed by atoms with Crippen molar-refractivity contribution in [3.05, 3.63) is 12.7 Å². The normalized spacial score (nSPS) is 17.4. The van der Waals surface area contributed by atoms with Gasteiger partial charge in [0.25, 0.3) is 0 Å². The zero-order valence-corrected chi connectivity index (χ0v) is 9.36. The van der Waals surface area contributed by atoms with Crippen LogP contribution in [0.3, 0.4) is 0 Å². The number of aliphatic hydroxyl groups excluding tert-OH is 5. The smallest absolute Gasteiger partial charge is 0.151 e. The fourth-order valence-electron chi connectivity index (χ4n) is 0.618. The van der Waals surface area contributed by atoms with Gasteiger partial charge in [-0.25, -0.2) is 0 Å². The molecule has 96 valence electrons. The SMILES string of the molecule is C=CCCl.O=C[C@H](O)[C@@H](O)[C@H](O)[C@H](O)CO. The molecule has 0 aromatic rings. The number of carbonyl (C=O) groups excluding carboxylic acids is 1. The Balaban J connectivity index is 0. The Morgan fingerprint density at radius 3 is 1.88 bits per heavy atom. The highest BCUT2D eigenvalue weighted by Gasteiger charge is 2.29. The maximum absolute atomic E-state index is 9.90. The van der Waals surface area contributed by atoms with Crippen LogP contribution in [0.5, 0.6) is 0 Å². The van der Waals surface area contributed by atoms with Crippen LogP contribution in [-0.2, 0) is 4.79 Å². The lowest BCUT2D eigenvalue weighted by molar-refractivity contribution is -0.136. The first-order chi connectivity index (χ1) is 7.45. The van der Waals surface area contributed by atoms with E-state index in [0.717, 1.165) is 0 Å². The monoisotopic (exact) mass is 256 g/mol. The lowest BCUT2D eigenvalue weighted by Gasteiger charge is -2.22. The number of alkyl halides is 1. The molecule has 16 heavy (non-hydrogen) atoms. The molecule has 0 spiro atoms. The molecule has 0 radical (unpaired) electrons. The molecule has 6 nitrogen and oxygen atoms in total. The lowest BCUT2D eigenvalue weighted by atomic mass is 10.0. The highest BCUT2D eigenvalue weighted by molar-refractivity contribution is 6.18. The highest BCUT2D eigenvalue weighted by atomic mass is 35.5. The molecule has 0 saturated carbocycles. The maximum Gasteiger partial charge on any atom is 0.151 e.